The number of unbranched alkanes of at least 4 members (excludes halogenated alkanes) is 1. The summed E-state index contributed by atoms with van der Waals surface area (Å²) in [6.45, 7) is 14.1. The van der Waals surface area contributed by atoms with E-state index in [1.54, 1.807) is 5.57 Å². The highest BCUT2D eigenvalue weighted by Crippen LogP contribution is 2.66. The van der Waals surface area contributed by atoms with Crippen LogP contribution in [0.15, 0.2) is 11.6 Å². The summed E-state index contributed by atoms with van der Waals surface area (Å²) in [5, 5.41) is 0. The minimum Gasteiger partial charge on any atom is -0.381 e. The molecule has 4 rings (SSSR count). The standard InChI is InChI=1S/C27H46O.C2H6/c1-19(2)8-6-7-9-20-11-13-24-23-12-10-21-18-22(28-5)14-16-27(21,4)25(23)15-17-26(20,24)3;1-2/h10,19-20,22-25H,6-9,11-18H2,1-5H3;1-2H3. The van der Waals surface area contributed by atoms with E-state index in [9.17, 15) is 0 Å². The van der Waals surface area contributed by atoms with Crippen LogP contribution >= 0.6 is 0 Å². The molecule has 0 amide bonds. The van der Waals surface area contributed by atoms with Crippen molar-refractivity contribution in [1.82, 2.24) is 0 Å². The van der Waals surface area contributed by atoms with E-state index in [2.05, 4.69) is 33.8 Å². The first kappa shape index (κ1) is 24.3. The van der Waals surface area contributed by atoms with Crippen molar-refractivity contribution in [1.29, 1.82) is 0 Å². The van der Waals surface area contributed by atoms with Crippen molar-refractivity contribution in [3.05, 3.63) is 11.6 Å². The molecular weight excluding hydrogens is 364 g/mol. The molecule has 0 heterocycles. The monoisotopic (exact) mass is 416 g/mol. The van der Waals surface area contributed by atoms with E-state index in [1.165, 1.54) is 77.0 Å². The number of allylic oxidation sites excluding steroid dienone is 1. The Morgan fingerprint density at radius 2 is 1.77 bits per heavy atom. The molecule has 0 saturated heterocycles. The van der Waals surface area contributed by atoms with E-state index in [4.69, 9.17) is 4.74 Å². The van der Waals surface area contributed by atoms with Crippen molar-refractivity contribution >= 4 is 0 Å². The molecule has 0 spiro atoms. The number of fused-ring (bicyclic) bond motifs is 5. The third kappa shape index (κ3) is 4.44. The van der Waals surface area contributed by atoms with Crippen molar-refractivity contribution in [2.45, 2.75) is 125 Å². The fraction of sp³-hybridized carbons (Fsp3) is 0.931. The van der Waals surface area contributed by atoms with E-state index in [1.807, 2.05) is 21.0 Å². The molecule has 1 nitrogen and oxygen atoms in total. The van der Waals surface area contributed by atoms with Gasteiger partial charge in [-0.15, -0.1) is 0 Å². The van der Waals surface area contributed by atoms with Crippen LogP contribution in [0.2, 0.25) is 0 Å². The second-order valence-corrected chi connectivity index (χ2v) is 11.9. The van der Waals surface area contributed by atoms with Crippen LogP contribution in [0.4, 0.5) is 0 Å². The lowest BCUT2D eigenvalue weighted by molar-refractivity contribution is -0.0542. The van der Waals surface area contributed by atoms with Crippen LogP contribution in [-0.4, -0.2) is 13.2 Å². The number of hydrogen-bond acceptors (Lipinski definition) is 1. The summed E-state index contributed by atoms with van der Waals surface area (Å²) in [7, 11) is 1.91. The van der Waals surface area contributed by atoms with Gasteiger partial charge in [-0.25, -0.2) is 0 Å². The maximum Gasteiger partial charge on any atom is 0.0608 e. The van der Waals surface area contributed by atoms with Gasteiger partial charge in [-0.1, -0.05) is 72.5 Å². The molecule has 0 aromatic carbocycles. The minimum atomic E-state index is 0.478. The van der Waals surface area contributed by atoms with E-state index in [0.29, 0.717) is 16.9 Å². The summed E-state index contributed by atoms with van der Waals surface area (Å²) in [5.74, 6) is 4.79. The molecule has 3 fully saturated rings. The van der Waals surface area contributed by atoms with E-state index in [0.717, 1.165) is 29.6 Å². The fourth-order valence-electron chi connectivity index (χ4n) is 8.36. The molecule has 1 heteroatoms. The predicted octanol–water partition coefficient (Wildman–Crippen LogP) is 8.82. The van der Waals surface area contributed by atoms with Gasteiger partial charge in [-0.05, 0) is 98.2 Å². The molecule has 3 saturated carbocycles. The second-order valence-electron chi connectivity index (χ2n) is 11.9. The van der Waals surface area contributed by atoms with Gasteiger partial charge < -0.3 is 4.74 Å². The van der Waals surface area contributed by atoms with Gasteiger partial charge in [0.2, 0.25) is 0 Å². The third-order valence-electron chi connectivity index (χ3n) is 10.2. The van der Waals surface area contributed by atoms with Crippen LogP contribution in [0.1, 0.15) is 119 Å². The Morgan fingerprint density at radius 3 is 2.47 bits per heavy atom. The topological polar surface area (TPSA) is 9.23 Å². The van der Waals surface area contributed by atoms with Crippen LogP contribution in [0.3, 0.4) is 0 Å². The van der Waals surface area contributed by atoms with Gasteiger partial charge >= 0.3 is 0 Å². The average Bonchev–Trinajstić information content (AvgIpc) is 3.08. The maximum absolute atomic E-state index is 5.74. The fourth-order valence-corrected chi connectivity index (χ4v) is 8.36. The van der Waals surface area contributed by atoms with Crippen molar-refractivity contribution in [3.8, 4) is 0 Å². The Bertz CT molecular complexity index is 577. The van der Waals surface area contributed by atoms with Gasteiger partial charge in [0, 0.05) is 7.11 Å². The molecule has 30 heavy (non-hydrogen) atoms. The average molecular weight is 417 g/mol. The number of methoxy groups -OCH3 is 1. The van der Waals surface area contributed by atoms with Gasteiger partial charge in [0.15, 0.2) is 0 Å². The Labute approximate surface area is 188 Å². The Hall–Kier alpha value is -0.300. The zero-order valence-electron chi connectivity index (χ0n) is 21.4. The molecule has 0 N–H and O–H groups in total. The highest BCUT2D eigenvalue weighted by atomic mass is 16.5. The third-order valence-corrected chi connectivity index (χ3v) is 10.2. The lowest BCUT2D eigenvalue weighted by atomic mass is 9.47. The SMILES string of the molecule is CC.COC1CCC2(C)C(=CCC3C2CCC2(C)C(CCCCC(C)C)CCC32)C1. The van der Waals surface area contributed by atoms with E-state index < -0.39 is 0 Å². The summed E-state index contributed by atoms with van der Waals surface area (Å²) < 4.78 is 5.74. The molecular formula is C29H52O. The van der Waals surface area contributed by atoms with Crippen LogP contribution < -0.4 is 0 Å². The largest absolute Gasteiger partial charge is 0.381 e. The smallest absolute Gasteiger partial charge is 0.0608 e. The van der Waals surface area contributed by atoms with Crippen molar-refractivity contribution in [2.24, 2.45) is 40.4 Å². The van der Waals surface area contributed by atoms with Crippen LogP contribution in [-0.2, 0) is 4.74 Å². The molecule has 174 valence electrons. The van der Waals surface area contributed by atoms with Gasteiger partial charge in [0.25, 0.3) is 0 Å². The molecule has 7 unspecified atom stereocenters. The highest BCUT2D eigenvalue weighted by molar-refractivity contribution is 5.25. The normalized spacial score (nSPS) is 42.5. The summed E-state index contributed by atoms with van der Waals surface area (Å²) in [4.78, 5) is 0. The maximum atomic E-state index is 5.74. The number of hydrogen-bond donors (Lipinski definition) is 0. The Morgan fingerprint density at radius 1 is 1.00 bits per heavy atom. The Balaban J connectivity index is 0.00000124. The molecule has 0 aromatic rings. The van der Waals surface area contributed by atoms with Gasteiger partial charge in [0.1, 0.15) is 0 Å². The van der Waals surface area contributed by atoms with Crippen molar-refractivity contribution < 1.29 is 4.74 Å². The van der Waals surface area contributed by atoms with Gasteiger partial charge in [-0.2, -0.15) is 0 Å². The summed E-state index contributed by atoms with van der Waals surface area (Å²) >= 11 is 0. The van der Waals surface area contributed by atoms with Crippen molar-refractivity contribution in [3.63, 3.8) is 0 Å². The summed E-state index contributed by atoms with van der Waals surface area (Å²) in [6, 6.07) is 0. The lowest BCUT2D eigenvalue weighted by Crippen LogP contribution is -2.50. The van der Waals surface area contributed by atoms with E-state index >= 15 is 0 Å². The molecule has 0 aliphatic heterocycles. The van der Waals surface area contributed by atoms with Crippen molar-refractivity contribution in [2.75, 3.05) is 7.11 Å². The van der Waals surface area contributed by atoms with Crippen LogP contribution in [0.25, 0.3) is 0 Å². The molecule has 4 aliphatic rings. The highest BCUT2D eigenvalue weighted by Gasteiger charge is 2.58. The number of ether oxygens (including phenoxy) is 1. The van der Waals surface area contributed by atoms with Crippen LogP contribution in [0.5, 0.6) is 0 Å². The first-order chi connectivity index (χ1) is 14.4. The van der Waals surface area contributed by atoms with Gasteiger partial charge in [-0.3, -0.25) is 0 Å². The first-order valence-electron chi connectivity index (χ1n) is 13.6. The van der Waals surface area contributed by atoms with Crippen LogP contribution in [0, 0.1) is 40.4 Å². The Kier molecular flexibility index (Phi) is 8.19. The lowest BCUT2D eigenvalue weighted by Gasteiger charge is -2.58. The summed E-state index contributed by atoms with van der Waals surface area (Å²) in [6.07, 6.45) is 20.3. The van der Waals surface area contributed by atoms with E-state index in [-0.39, 0.29) is 0 Å². The van der Waals surface area contributed by atoms with Gasteiger partial charge in [0.05, 0.1) is 6.10 Å². The predicted molar refractivity (Wildman–Crippen MR) is 131 cm³/mol. The molecule has 4 aliphatic carbocycles. The molecule has 0 aromatic heterocycles. The minimum absolute atomic E-state index is 0.478. The first-order valence-corrected chi connectivity index (χ1v) is 13.6. The molecule has 0 radical (unpaired) electrons. The molecule has 0 bridgehead atoms. The second kappa shape index (κ2) is 10.1. The number of rotatable bonds is 6. The zero-order valence-corrected chi connectivity index (χ0v) is 21.4. The molecule has 7 atom stereocenters. The summed E-state index contributed by atoms with van der Waals surface area (Å²) in [5.41, 5.74) is 2.89. The quantitative estimate of drug-likeness (QED) is 0.310. The zero-order chi connectivity index (χ0) is 21.9.